The van der Waals surface area contributed by atoms with Crippen molar-refractivity contribution in [3.8, 4) is 0 Å². The quantitative estimate of drug-likeness (QED) is 0.792. The summed E-state index contributed by atoms with van der Waals surface area (Å²) in [5.41, 5.74) is 2.46. The third kappa shape index (κ3) is 2.67. The summed E-state index contributed by atoms with van der Waals surface area (Å²) < 4.78 is 4.90. The monoisotopic (exact) mass is 233 g/mol. The number of benzene rings is 1. The first-order valence-electron chi connectivity index (χ1n) is 6.07. The highest BCUT2D eigenvalue weighted by Crippen LogP contribution is 2.30. The zero-order chi connectivity index (χ0) is 12.3. The molecule has 0 amide bonds. The summed E-state index contributed by atoms with van der Waals surface area (Å²) in [7, 11) is 1.47. The van der Waals surface area contributed by atoms with Gasteiger partial charge in [-0.2, -0.15) is 0 Å². The molecular weight excluding hydrogens is 214 g/mol. The van der Waals surface area contributed by atoms with Gasteiger partial charge in [-0.1, -0.05) is 29.8 Å². The van der Waals surface area contributed by atoms with Crippen LogP contribution in [0.4, 0.5) is 0 Å². The average Bonchev–Trinajstić information content (AvgIpc) is 2.39. The number of ether oxygens (including phenoxy) is 1. The van der Waals surface area contributed by atoms with Crippen molar-refractivity contribution in [2.45, 2.75) is 19.3 Å². The maximum Gasteiger partial charge on any atom is 0.309 e. The van der Waals surface area contributed by atoms with Crippen molar-refractivity contribution < 1.29 is 9.53 Å². The first-order chi connectivity index (χ1) is 8.22. The van der Waals surface area contributed by atoms with Crippen molar-refractivity contribution in [3.63, 3.8) is 0 Å². The van der Waals surface area contributed by atoms with Gasteiger partial charge in [-0.05, 0) is 25.5 Å². The van der Waals surface area contributed by atoms with Crippen LogP contribution in [0.15, 0.2) is 24.3 Å². The van der Waals surface area contributed by atoms with E-state index < -0.39 is 0 Å². The molecule has 0 unspecified atom stereocenters. The first kappa shape index (κ1) is 12.1. The van der Waals surface area contributed by atoms with Gasteiger partial charge in [-0.3, -0.25) is 4.79 Å². The van der Waals surface area contributed by atoms with Crippen molar-refractivity contribution in [2.24, 2.45) is 5.92 Å². The van der Waals surface area contributed by atoms with Crippen molar-refractivity contribution in [2.75, 3.05) is 20.2 Å². The highest BCUT2D eigenvalue weighted by atomic mass is 16.5. The van der Waals surface area contributed by atoms with Gasteiger partial charge in [0.2, 0.25) is 0 Å². The molecule has 1 aliphatic heterocycles. The molecule has 3 nitrogen and oxygen atoms in total. The summed E-state index contributed by atoms with van der Waals surface area (Å²) >= 11 is 0. The molecule has 3 heteroatoms. The van der Waals surface area contributed by atoms with E-state index in [-0.39, 0.29) is 17.8 Å². The molecule has 0 bridgehead atoms. The van der Waals surface area contributed by atoms with Crippen LogP contribution in [-0.2, 0) is 9.53 Å². The third-order valence-electron chi connectivity index (χ3n) is 3.49. The highest BCUT2D eigenvalue weighted by molar-refractivity contribution is 5.73. The Labute approximate surface area is 102 Å². The summed E-state index contributed by atoms with van der Waals surface area (Å²) in [6.07, 6.45) is 0.852. The molecule has 1 fully saturated rings. The molecule has 0 aromatic heterocycles. The zero-order valence-electron chi connectivity index (χ0n) is 10.4. The number of carbonyl (C=O) groups excluding carboxylic acids is 1. The summed E-state index contributed by atoms with van der Waals surface area (Å²) in [6.45, 7) is 3.81. The second-order valence-corrected chi connectivity index (χ2v) is 4.64. The van der Waals surface area contributed by atoms with Crippen LogP contribution in [0.2, 0.25) is 0 Å². The molecule has 0 saturated carbocycles. The molecule has 1 aliphatic rings. The molecule has 1 saturated heterocycles. The lowest BCUT2D eigenvalue weighted by atomic mass is 9.81. The second-order valence-electron chi connectivity index (χ2n) is 4.64. The summed E-state index contributed by atoms with van der Waals surface area (Å²) in [6, 6.07) is 8.42. The summed E-state index contributed by atoms with van der Waals surface area (Å²) in [5.74, 6) is 0.137. The molecular formula is C14H19NO2. The lowest BCUT2D eigenvalue weighted by Gasteiger charge is -2.30. The van der Waals surface area contributed by atoms with Crippen LogP contribution in [-0.4, -0.2) is 26.2 Å². The number of carbonyl (C=O) groups is 1. The Kier molecular flexibility index (Phi) is 3.79. The Morgan fingerprint density at radius 3 is 2.71 bits per heavy atom. The second kappa shape index (κ2) is 5.32. The first-order valence-corrected chi connectivity index (χ1v) is 6.07. The Morgan fingerprint density at radius 2 is 2.06 bits per heavy atom. The van der Waals surface area contributed by atoms with Crippen molar-refractivity contribution in [1.82, 2.24) is 5.32 Å². The maximum absolute atomic E-state index is 11.8. The van der Waals surface area contributed by atoms with E-state index in [0.29, 0.717) is 0 Å². The molecule has 17 heavy (non-hydrogen) atoms. The normalized spacial score (nSPS) is 24.4. The zero-order valence-corrected chi connectivity index (χ0v) is 10.4. The van der Waals surface area contributed by atoms with Crippen LogP contribution in [0, 0.1) is 12.8 Å². The fourth-order valence-corrected chi connectivity index (χ4v) is 2.46. The van der Waals surface area contributed by atoms with Crippen molar-refractivity contribution >= 4 is 5.97 Å². The van der Waals surface area contributed by atoms with Crippen LogP contribution in [0.25, 0.3) is 0 Å². The minimum absolute atomic E-state index is 0.0102. The number of aryl methyl sites for hydroxylation is 1. The lowest BCUT2D eigenvalue weighted by Crippen LogP contribution is -2.39. The topological polar surface area (TPSA) is 38.3 Å². The Morgan fingerprint density at radius 1 is 1.35 bits per heavy atom. The van der Waals surface area contributed by atoms with Gasteiger partial charge in [0, 0.05) is 12.5 Å². The average molecular weight is 233 g/mol. The van der Waals surface area contributed by atoms with Gasteiger partial charge in [-0.25, -0.2) is 0 Å². The predicted molar refractivity (Wildman–Crippen MR) is 66.9 cm³/mol. The van der Waals surface area contributed by atoms with Crippen LogP contribution >= 0.6 is 0 Å². The Hall–Kier alpha value is -1.35. The number of methoxy groups -OCH3 is 1. The van der Waals surface area contributed by atoms with Gasteiger partial charge in [0.05, 0.1) is 13.0 Å². The molecule has 92 valence electrons. The number of hydrogen-bond acceptors (Lipinski definition) is 3. The van der Waals surface area contributed by atoms with Gasteiger partial charge in [-0.15, -0.1) is 0 Å². The Balaban J connectivity index is 2.21. The molecule has 2 rings (SSSR count). The van der Waals surface area contributed by atoms with Crippen LogP contribution in [0.5, 0.6) is 0 Å². The molecule has 0 spiro atoms. The summed E-state index contributed by atoms with van der Waals surface area (Å²) in [5, 5.41) is 3.35. The largest absolute Gasteiger partial charge is 0.469 e. The van der Waals surface area contributed by atoms with E-state index in [1.54, 1.807) is 0 Å². The standard InChI is InChI=1S/C14H19NO2/c1-10-3-5-11(6-4-10)13-9-15-8-7-12(13)14(16)17-2/h3-6,12-13,15H,7-9H2,1-2H3/t12-,13+/m1/s1. The SMILES string of the molecule is COC(=O)[C@@H]1CCNC[C@H]1c1ccc(C)cc1. The minimum atomic E-state index is -0.0860. The van der Waals surface area contributed by atoms with Gasteiger partial charge in [0.15, 0.2) is 0 Å². The molecule has 0 radical (unpaired) electrons. The lowest BCUT2D eigenvalue weighted by molar-refractivity contribution is -0.147. The molecule has 1 aromatic carbocycles. The maximum atomic E-state index is 11.8. The molecule has 1 heterocycles. The minimum Gasteiger partial charge on any atom is -0.469 e. The Bertz CT molecular complexity index is 386. The summed E-state index contributed by atoms with van der Waals surface area (Å²) in [4.78, 5) is 11.8. The van der Waals surface area contributed by atoms with E-state index in [2.05, 4.69) is 36.5 Å². The van der Waals surface area contributed by atoms with Crippen LogP contribution in [0.3, 0.4) is 0 Å². The van der Waals surface area contributed by atoms with Gasteiger partial charge in [0.1, 0.15) is 0 Å². The number of piperidine rings is 1. The van der Waals surface area contributed by atoms with Crippen molar-refractivity contribution in [1.29, 1.82) is 0 Å². The molecule has 1 N–H and O–H groups in total. The van der Waals surface area contributed by atoms with Gasteiger partial charge in [0.25, 0.3) is 0 Å². The van der Waals surface area contributed by atoms with E-state index >= 15 is 0 Å². The van der Waals surface area contributed by atoms with Gasteiger partial charge >= 0.3 is 5.97 Å². The smallest absolute Gasteiger partial charge is 0.309 e. The highest BCUT2D eigenvalue weighted by Gasteiger charge is 2.32. The number of rotatable bonds is 2. The van der Waals surface area contributed by atoms with E-state index in [0.717, 1.165) is 19.5 Å². The number of esters is 1. The van der Waals surface area contributed by atoms with Crippen LogP contribution < -0.4 is 5.32 Å². The molecule has 0 aliphatic carbocycles. The van der Waals surface area contributed by atoms with Crippen molar-refractivity contribution in [3.05, 3.63) is 35.4 Å². The number of nitrogens with one attached hydrogen (secondary N) is 1. The van der Waals surface area contributed by atoms with E-state index in [9.17, 15) is 4.79 Å². The fraction of sp³-hybridized carbons (Fsp3) is 0.500. The number of hydrogen-bond donors (Lipinski definition) is 1. The van der Waals surface area contributed by atoms with Gasteiger partial charge < -0.3 is 10.1 Å². The van der Waals surface area contributed by atoms with E-state index in [4.69, 9.17) is 4.74 Å². The van der Waals surface area contributed by atoms with Crippen LogP contribution in [0.1, 0.15) is 23.5 Å². The van der Waals surface area contributed by atoms with E-state index in [1.165, 1.54) is 18.2 Å². The molecule has 1 aromatic rings. The third-order valence-corrected chi connectivity index (χ3v) is 3.49. The molecule has 2 atom stereocenters. The van der Waals surface area contributed by atoms with E-state index in [1.807, 2.05) is 0 Å². The fourth-order valence-electron chi connectivity index (χ4n) is 2.46. The predicted octanol–water partition coefficient (Wildman–Crippen LogP) is 1.86.